The fraction of sp³-hybridized carbons (Fsp3) is 0.556. The number of nitrogens with one attached hydrogen (secondary N) is 3. The summed E-state index contributed by atoms with van der Waals surface area (Å²) < 4.78 is 0. The van der Waals surface area contributed by atoms with Gasteiger partial charge in [-0.25, -0.2) is 4.79 Å². The topological polar surface area (TPSA) is 128 Å². The highest BCUT2D eigenvalue weighted by Gasteiger charge is 2.22. The third-order valence-electron chi connectivity index (χ3n) is 4.33. The van der Waals surface area contributed by atoms with Crippen LogP contribution in [0.5, 0.6) is 0 Å². The summed E-state index contributed by atoms with van der Waals surface area (Å²) in [6.45, 7) is 3.32. The molecule has 4 N–H and O–H groups in total. The van der Waals surface area contributed by atoms with Crippen molar-refractivity contribution in [3.63, 3.8) is 0 Å². The zero-order valence-corrected chi connectivity index (χ0v) is 15.1. The summed E-state index contributed by atoms with van der Waals surface area (Å²) in [6.07, 6.45) is 3.91. The number of carbonyl (C=O) groups is 3. The van der Waals surface area contributed by atoms with E-state index in [1.807, 2.05) is 13.8 Å². The molecule has 2 amide bonds. The predicted molar refractivity (Wildman–Crippen MR) is 95.1 cm³/mol. The SMILES string of the molecule is CC(C)C[C@H](NC(=O)CNC(=O)c1cc2c([nH]c1=O)CCCC2)C(=O)O. The van der Waals surface area contributed by atoms with Crippen molar-refractivity contribution in [1.29, 1.82) is 0 Å². The quantitative estimate of drug-likeness (QED) is 0.564. The summed E-state index contributed by atoms with van der Waals surface area (Å²) >= 11 is 0. The molecular formula is C18H25N3O5. The van der Waals surface area contributed by atoms with Crippen molar-refractivity contribution >= 4 is 17.8 Å². The highest BCUT2D eigenvalue weighted by molar-refractivity contribution is 5.96. The lowest BCUT2D eigenvalue weighted by Gasteiger charge is -2.17. The maximum absolute atomic E-state index is 12.2. The van der Waals surface area contributed by atoms with Crippen LogP contribution in [0.1, 0.15) is 54.7 Å². The van der Waals surface area contributed by atoms with Crippen LogP contribution in [0.2, 0.25) is 0 Å². The van der Waals surface area contributed by atoms with Crippen LogP contribution >= 0.6 is 0 Å². The molecule has 0 saturated carbocycles. The molecule has 0 saturated heterocycles. The Bertz CT molecular complexity index is 754. The van der Waals surface area contributed by atoms with E-state index >= 15 is 0 Å². The monoisotopic (exact) mass is 363 g/mol. The summed E-state index contributed by atoms with van der Waals surface area (Å²) in [6, 6.07) is 0.575. The Morgan fingerprint density at radius 1 is 1.23 bits per heavy atom. The molecule has 1 atom stereocenters. The second kappa shape index (κ2) is 8.64. The number of amides is 2. The van der Waals surface area contributed by atoms with Gasteiger partial charge in [0.25, 0.3) is 11.5 Å². The Kier molecular flexibility index (Phi) is 6.54. The molecule has 0 unspecified atom stereocenters. The number of H-pyrrole nitrogens is 1. The number of aliphatic carboxylic acids is 1. The first-order valence-electron chi connectivity index (χ1n) is 8.83. The molecule has 0 fully saturated rings. The van der Waals surface area contributed by atoms with Crippen LogP contribution in [0.3, 0.4) is 0 Å². The van der Waals surface area contributed by atoms with Gasteiger partial charge in [0, 0.05) is 5.69 Å². The predicted octanol–water partition coefficient (Wildman–Crippen LogP) is 0.599. The van der Waals surface area contributed by atoms with Gasteiger partial charge in [-0.05, 0) is 49.7 Å². The number of fused-ring (bicyclic) bond motifs is 1. The summed E-state index contributed by atoms with van der Waals surface area (Å²) in [7, 11) is 0. The van der Waals surface area contributed by atoms with E-state index in [0.717, 1.165) is 36.9 Å². The van der Waals surface area contributed by atoms with E-state index in [1.165, 1.54) is 0 Å². The molecule has 26 heavy (non-hydrogen) atoms. The molecule has 0 aliphatic heterocycles. The van der Waals surface area contributed by atoms with E-state index in [2.05, 4.69) is 15.6 Å². The van der Waals surface area contributed by atoms with Crippen molar-refractivity contribution in [3.05, 3.63) is 33.2 Å². The van der Waals surface area contributed by atoms with Gasteiger partial charge in [0.2, 0.25) is 5.91 Å². The van der Waals surface area contributed by atoms with Gasteiger partial charge in [0.15, 0.2) is 0 Å². The molecule has 1 aliphatic rings. The second-order valence-electron chi connectivity index (χ2n) is 6.99. The average molecular weight is 363 g/mol. The van der Waals surface area contributed by atoms with E-state index in [1.54, 1.807) is 6.07 Å². The zero-order valence-electron chi connectivity index (χ0n) is 15.1. The lowest BCUT2D eigenvalue weighted by atomic mass is 9.95. The number of aromatic nitrogens is 1. The molecule has 0 spiro atoms. The van der Waals surface area contributed by atoms with Crippen LogP contribution < -0.4 is 16.2 Å². The Balaban J connectivity index is 1.97. The molecule has 1 aromatic heterocycles. The van der Waals surface area contributed by atoms with Crippen LogP contribution in [-0.2, 0) is 22.4 Å². The summed E-state index contributed by atoms with van der Waals surface area (Å²) in [5, 5.41) is 13.9. The Morgan fingerprint density at radius 2 is 1.92 bits per heavy atom. The maximum Gasteiger partial charge on any atom is 0.326 e. The minimum atomic E-state index is -1.12. The van der Waals surface area contributed by atoms with Gasteiger partial charge in [-0.3, -0.25) is 14.4 Å². The van der Waals surface area contributed by atoms with Gasteiger partial charge < -0.3 is 20.7 Å². The minimum Gasteiger partial charge on any atom is -0.480 e. The summed E-state index contributed by atoms with van der Waals surface area (Å²) in [5.41, 5.74) is 1.31. The maximum atomic E-state index is 12.2. The number of rotatable bonds is 7. The lowest BCUT2D eigenvalue weighted by molar-refractivity contribution is -0.142. The first-order valence-corrected chi connectivity index (χ1v) is 8.83. The molecule has 8 heteroatoms. The summed E-state index contributed by atoms with van der Waals surface area (Å²) in [5.74, 6) is -2.28. The lowest BCUT2D eigenvalue weighted by Crippen LogP contribution is -2.46. The Labute approximate surface area is 151 Å². The third kappa shape index (κ3) is 5.18. The number of hydrogen-bond acceptors (Lipinski definition) is 4. The first-order chi connectivity index (χ1) is 12.3. The van der Waals surface area contributed by atoms with Gasteiger partial charge in [-0.15, -0.1) is 0 Å². The fourth-order valence-electron chi connectivity index (χ4n) is 3.04. The molecule has 8 nitrogen and oxygen atoms in total. The number of aryl methyl sites for hydroxylation is 2. The second-order valence-corrected chi connectivity index (χ2v) is 6.99. The highest BCUT2D eigenvalue weighted by atomic mass is 16.4. The van der Waals surface area contributed by atoms with E-state index in [9.17, 15) is 19.2 Å². The van der Waals surface area contributed by atoms with Crippen molar-refractivity contribution < 1.29 is 19.5 Å². The number of aromatic amines is 1. The fourth-order valence-corrected chi connectivity index (χ4v) is 3.04. The van der Waals surface area contributed by atoms with Gasteiger partial charge >= 0.3 is 5.97 Å². The largest absolute Gasteiger partial charge is 0.480 e. The van der Waals surface area contributed by atoms with Gasteiger partial charge in [0.1, 0.15) is 11.6 Å². The molecule has 0 radical (unpaired) electrons. The number of hydrogen-bond donors (Lipinski definition) is 4. The van der Waals surface area contributed by atoms with Gasteiger partial charge in [0.05, 0.1) is 6.54 Å². The smallest absolute Gasteiger partial charge is 0.326 e. The summed E-state index contributed by atoms with van der Waals surface area (Å²) in [4.78, 5) is 50.1. The average Bonchev–Trinajstić information content (AvgIpc) is 2.58. The highest BCUT2D eigenvalue weighted by Crippen LogP contribution is 2.18. The number of carboxylic acid groups (broad SMARTS) is 1. The third-order valence-corrected chi connectivity index (χ3v) is 4.33. The van der Waals surface area contributed by atoms with Crippen LogP contribution in [0.15, 0.2) is 10.9 Å². The van der Waals surface area contributed by atoms with E-state index in [-0.39, 0.29) is 11.5 Å². The van der Waals surface area contributed by atoms with Gasteiger partial charge in [-0.2, -0.15) is 0 Å². The molecule has 142 valence electrons. The molecule has 1 aromatic rings. The molecule has 1 heterocycles. The normalized spacial score (nSPS) is 14.4. The van der Waals surface area contributed by atoms with E-state index in [0.29, 0.717) is 6.42 Å². The van der Waals surface area contributed by atoms with Crippen molar-refractivity contribution in [1.82, 2.24) is 15.6 Å². The standard InChI is InChI=1S/C18H25N3O5/c1-10(2)7-14(18(25)26)20-15(22)9-19-16(23)12-8-11-5-3-4-6-13(11)21-17(12)24/h8,10,14H,3-7,9H2,1-2H3,(H,19,23)(H,20,22)(H,21,24)(H,25,26)/t14-/m0/s1. The zero-order chi connectivity index (χ0) is 19.3. The van der Waals surface area contributed by atoms with Crippen LogP contribution in [0.4, 0.5) is 0 Å². The van der Waals surface area contributed by atoms with Crippen molar-refractivity contribution in [3.8, 4) is 0 Å². The molecule has 1 aliphatic carbocycles. The Hall–Kier alpha value is -2.64. The molecule has 2 rings (SSSR count). The minimum absolute atomic E-state index is 0.0320. The molecular weight excluding hydrogens is 338 g/mol. The number of carboxylic acids is 1. The Morgan fingerprint density at radius 3 is 2.58 bits per heavy atom. The van der Waals surface area contributed by atoms with E-state index in [4.69, 9.17) is 5.11 Å². The molecule has 0 aromatic carbocycles. The van der Waals surface area contributed by atoms with Gasteiger partial charge in [-0.1, -0.05) is 13.8 Å². The first kappa shape index (κ1) is 19.7. The van der Waals surface area contributed by atoms with E-state index < -0.39 is 35.9 Å². The van der Waals surface area contributed by atoms with Crippen molar-refractivity contribution in [2.24, 2.45) is 5.92 Å². The van der Waals surface area contributed by atoms with Crippen LogP contribution in [0.25, 0.3) is 0 Å². The van der Waals surface area contributed by atoms with Crippen LogP contribution in [0, 0.1) is 5.92 Å². The number of pyridine rings is 1. The van der Waals surface area contributed by atoms with Crippen LogP contribution in [-0.4, -0.2) is 40.5 Å². The van der Waals surface area contributed by atoms with Crippen molar-refractivity contribution in [2.75, 3.05) is 6.54 Å². The number of carbonyl (C=O) groups excluding carboxylic acids is 2. The van der Waals surface area contributed by atoms with Crippen molar-refractivity contribution in [2.45, 2.75) is 52.0 Å². The molecule has 0 bridgehead atoms.